The molecule has 1 spiro atoms. The highest BCUT2D eigenvalue weighted by atomic mass is 19.1. The number of nitrogens with zero attached hydrogens (tertiary/aromatic N) is 2. The predicted octanol–water partition coefficient (Wildman–Crippen LogP) is 2.80. The Kier molecular flexibility index (Phi) is 4.31. The van der Waals surface area contributed by atoms with E-state index in [9.17, 15) is 14.0 Å². The minimum atomic E-state index is -0.619. The monoisotopic (exact) mass is 368 g/mol. The predicted molar refractivity (Wildman–Crippen MR) is 99.6 cm³/mol. The second kappa shape index (κ2) is 6.66. The number of hydrazine groups is 1. The van der Waals surface area contributed by atoms with E-state index in [1.807, 2.05) is 36.1 Å². The zero-order valence-corrected chi connectivity index (χ0v) is 15.0. The molecule has 2 aromatic rings. The van der Waals surface area contributed by atoms with Gasteiger partial charge in [0.15, 0.2) is 0 Å². The van der Waals surface area contributed by atoms with E-state index in [4.69, 9.17) is 0 Å². The van der Waals surface area contributed by atoms with Crippen LogP contribution in [0.3, 0.4) is 0 Å². The van der Waals surface area contributed by atoms with Crippen molar-refractivity contribution in [2.24, 2.45) is 0 Å². The van der Waals surface area contributed by atoms with Gasteiger partial charge in [-0.15, -0.1) is 0 Å². The number of carbonyl (C=O) groups excluding carboxylic acids is 2. The molecule has 4 rings (SSSR count). The van der Waals surface area contributed by atoms with E-state index in [0.29, 0.717) is 37.2 Å². The normalized spacial score (nSPS) is 18.7. The average Bonchev–Trinajstić information content (AvgIpc) is 2.98. The summed E-state index contributed by atoms with van der Waals surface area (Å²) in [4.78, 5) is 27.0. The summed E-state index contributed by atoms with van der Waals surface area (Å²) < 4.78 is 13.5. The lowest BCUT2D eigenvalue weighted by atomic mass is 9.97. The molecular weight excluding hydrogens is 347 g/mol. The van der Waals surface area contributed by atoms with Crippen molar-refractivity contribution in [1.29, 1.82) is 0 Å². The number of halogens is 1. The maximum atomic E-state index is 13.5. The van der Waals surface area contributed by atoms with Crippen LogP contribution in [0.5, 0.6) is 0 Å². The van der Waals surface area contributed by atoms with Gasteiger partial charge in [0.05, 0.1) is 5.69 Å². The number of carbonyl (C=O) groups is 2. The van der Waals surface area contributed by atoms with E-state index in [1.54, 1.807) is 12.1 Å². The summed E-state index contributed by atoms with van der Waals surface area (Å²) in [6, 6.07) is 13.1. The molecule has 0 saturated carbocycles. The summed E-state index contributed by atoms with van der Waals surface area (Å²) in [6.07, 6.45) is 1.14. The maximum absolute atomic E-state index is 13.5. The number of hydrogen-bond donors (Lipinski definition) is 2. The van der Waals surface area contributed by atoms with Crippen molar-refractivity contribution in [3.8, 4) is 0 Å². The number of nitrogens with one attached hydrogen (secondary N) is 2. The molecule has 2 heterocycles. The highest BCUT2D eigenvalue weighted by Gasteiger charge is 2.45. The molecule has 0 atom stereocenters. The van der Waals surface area contributed by atoms with Gasteiger partial charge in [0.25, 0.3) is 5.91 Å². The lowest BCUT2D eigenvalue weighted by Crippen LogP contribution is -2.58. The number of benzene rings is 2. The Morgan fingerprint density at radius 1 is 1.11 bits per heavy atom. The van der Waals surface area contributed by atoms with Crippen LogP contribution in [0, 0.1) is 12.7 Å². The molecule has 140 valence electrons. The zero-order chi connectivity index (χ0) is 19.0. The van der Waals surface area contributed by atoms with Gasteiger partial charge in [-0.05, 0) is 36.8 Å². The first-order valence-electron chi connectivity index (χ1n) is 8.98. The molecule has 2 fully saturated rings. The molecule has 2 saturated heterocycles. The third-order valence-electron chi connectivity index (χ3n) is 5.22. The second-order valence-corrected chi connectivity index (χ2v) is 7.05. The first kappa shape index (κ1) is 17.5. The van der Waals surface area contributed by atoms with Gasteiger partial charge in [0.2, 0.25) is 0 Å². The number of hydrogen-bond acceptors (Lipinski definition) is 3. The zero-order valence-electron chi connectivity index (χ0n) is 15.0. The Labute approximate surface area is 156 Å². The van der Waals surface area contributed by atoms with E-state index < -0.39 is 11.5 Å². The topological polar surface area (TPSA) is 64.7 Å². The minimum absolute atomic E-state index is 0.00857. The number of anilines is 1. The van der Waals surface area contributed by atoms with Gasteiger partial charge in [-0.3, -0.25) is 4.79 Å². The Hall–Kier alpha value is -2.93. The van der Waals surface area contributed by atoms with Crippen LogP contribution in [0.2, 0.25) is 0 Å². The van der Waals surface area contributed by atoms with E-state index in [2.05, 4.69) is 10.7 Å². The van der Waals surface area contributed by atoms with Crippen LogP contribution in [-0.2, 0) is 0 Å². The smallest absolute Gasteiger partial charge is 0.338 e. The molecule has 2 aromatic carbocycles. The number of rotatable bonds is 2. The summed E-state index contributed by atoms with van der Waals surface area (Å²) in [5, 5.41) is 4.30. The molecule has 7 heteroatoms. The fourth-order valence-corrected chi connectivity index (χ4v) is 3.66. The van der Waals surface area contributed by atoms with Gasteiger partial charge < -0.3 is 10.2 Å². The average molecular weight is 368 g/mol. The molecule has 0 unspecified atom stereocenters. The molecule has 0 aliphatic carbocycles. The fourth-order valence-electron chi connectivity index (χ4n) is 3.66. The van der Waals surface area contributed by atoms with Crippen LogP contribution in [0.4, 0.5) is 14.9 Å². The van der Waals surface area contributed by atoms with E-state index >= 15 is 0 Å². The number of urea groups is 1. The maximum Gasteiger partial charge on any atom is 0.338 e. The molecule has 3 amide bonds. The van der Waals surface area contributed by atoms with Crippen molar-refractivity contribution in [3.63, 3.8) is 0 Å². The molecule has 2 N–H and O–H groups in total. The van der Waals surface area contributed by atoms with E-state index in [0.717, 1.165) is 5.56 Å². The molecule has 2 aliphatic heterocycles. The van der Waals surface area contributed by atoms with Gasteiger partial charge in [0.1, 0.15) is 11.5 Å². The fraction of sp³-hybridized carbons (Fsp3) is 0.300. The standard InChI is InChI=1S/C20H21FN4O2/c1-14-5-2-3-8-17(14)18(26)24-11-9-20(10-12-24)22-19(27)25(23-20)16-7-4-6-15(21)13-16/h2-8,13,23H,9-12H2,1H3,(H,22,27). The number of piperidine rings is 1. The lowest BCUT2D eigenvalue weighted by Gasteiger charge is -2.39. The highest BCUT2D eigenvalue weighted by molar-refractivity contribution is 5.96. The highest BCUT2D eigenvalue weighted by Crippen LogP contribution is 2.28. The van der Waals surface area contributed by atoms with Crippen LogP contribution in [0.1, 0.15) is 28.8 Å². The van der Waals surface area contributed by atoms with Gasteiger partial charge in [-0.1, -0.05) is 24.3 Å². The Bertz CT molecular complexity index is 893. The largest absolute Gasteiger partial charge is 0.338 e. The first-order chi connectivity index (χ1) is 13.0. The third-order valence-corrected chi connectivity index (χ3v) is 5.22. The van der Waals surface area contributed by atoms with Crippen molar-refractivity contribution in [3.05, 3.63) is 65.5 Å². The molecule has 6 nitrogen and oxygen atoms in total. The summed E-state index contributed by atoms with van der Waals surface area (Å²) in [7, 11) is 0. The van der Waals surface area contributed by atoms with Crippen LogP contribution in [0.15, 0.2) is 48.5 Å². The van der Waals surface area contributed by atoms with Gasteiger partial charge in [-0.2, -0.15) is 0 Å². The number of aryl methyl sites for hydroxylation is 1. The third kappa shape index (κ3) is 3.26. The summed E-state index contributed by atoms with van der Waals surface area (Å²) in [6.45, 7) is 2.98. The van der Waals surface area contributed by atoms with Crippen LogP contribution in [-0.4, -0.2) is 35.6 Å². The van der Waals surface area contributed by atoms with E-state index in [1.165, 1.54) is 17.1 Å². The minimum Gasteiger partial charge on any atom is -0.338 e. The van der Waals surface area contributed by atoms with Crippen molar-refractivity contribution in [1.82, 2.24) is 15.6 Å². The summed E-state index contributed by atoms with van der Waals surface area (Å²) in [5.74, 6) is -0.393. The summed E-state index contributed by atoms with van der Waals surface area (Å²) >= 11 is 0. The van der Waals surface area contributed by atoms with Crippen LogP contribution >= 0.6 is 0 Å². The van der Waals surface area contributed by atoms with Crippen LogP contribution in [0.25, 0.3) is 0 Å². The van der Waals surface area contributed by atoms with Gasteiger partial charge >= 0.3 is 6.03 Å². The van der Waals surface area contributed by atoms with E-state index in [-0.39, 0.29) is 11.9 Å². The molecular formula is C20H21FN4O2. The molecule has 0 radical (unpaired) electrons. The molecule has 0 bridgehead atoms. The SMILES string of the molecule is Cc1ccccc1C(=O)N1CCC2(CC1)NC(=O)N(c1cccc(F)c1)N2. The molecule has 2 aliphatic rings. The quantitative estimate of drug-likeness (QED) is 0.857. The number of likely N-dealkylation sites (tertiary alicyclic amines) is 1. The Morgan fingerprint density at radius 2 is 1.85 bits per heavy atom. The van der Waals surface area contributed by atoms with Crippen molar-refractivity contribution < 1.29 is 14.0 Å². The summed E-state index contributed by atoms with van der Waals surface area (Å²) in [5.41, 5.74) is 4.66. The Balaban J connectivity index is 1.45. The lowest BCUT2D eigenvalue weighted by molar-refractivity contribution is 0.0640. The van der Waals surface area contributed by atoms with Crippen molar-refractivity contribution in [2.75, 3.05) is 18.1 Å². The first-order valence-corrected chi connectivity index (χ1v) is 8.98. The van der Waals surface area contributed by atoms with Gasteiger partial charge in [0, 0.05) is 31.5 Å². The number of amides is 3. The second-order valence-electron chi connectivity index (χ2n) is 7.05. The Morgan fingerprint density at radius 3 is 2.56 bits per heavy atom. The molecule has 27 heavy (non-hydrogen) atoms. The molecule has 0 aromatic heterocycles. The van der Waals surface area contributed by atoms with Gasteiger partial charge in [-0.25, -0.2) is 19.6 Å². The van der Waals surface area contributed by atoms with Crippen molar-refractivity contribution >= 4 is 17.6 Å². The van der Waals surface area contributed by atoms with Crippen LogP contribution < -0.4 is 15.8 Å². The van der Waals surface area contributed by atoms with Crippen molar-refractivity contribution in [2.45, 2.75) is 25.4 Å².